The van der Waals surface area contributed by atoms with Crippen LogP contribution >= 0.6 is 0 Å². The number of ether oxygens (including phenoxy) is 1. The van der Waals surface area contributed by atoms with Crippen LogP contribution in [0, 0.1) is 17.8 Å². The Morgan fingerprint density at radius 1 is 1.02 bits per heavy atom. The van der Waals surface area contributed by atoms with Crippen LogP contribution in [0.1, 0.15) is 79.0 Å². The van der Waals surface area contributed by atoms with E-state index in [-0.39, 0.29) is 59.8 Å². The molecule has 1 fully saturated rings. The Morgan fingerprint density at radius 3 is 2.54 bits per heavy atom. The molecular formula is C39H44N6O7. The fourth-order valence-corrected chi connectivity index (χ4v) is 7.95. The highest BCUT2D eigenvalue weighted by Crippen LogP contribution is 2.59. The molecule has 0 radical (unpaired) electrons. The molecule has 4 aliphatic rings. The molecule has 6 heterocycles. The van der Waals surface area contributed by atoms with Gasteiger partial charge in [-0.05, 0) is 48.6 Å². The molecule has 2 unspecified atom stereocenters. The number of carbonyl (C=O) groups excluding carboxylic acids is 3. The van der Waals surface area contributed by atoms with Crippen LogP contribution in [0.5, 0.6) is 5.75 Å². The van der Waals surface area contributed by atoms with Crippen molar-refractivity contribution in [1.82, 2.24) is 25.1 Å². The smallest absolute Gasteiger partial charge is 0.275 e. The number of rotatable bonds is 7. The predicted octanol–water partition coefficient (Wildman–Crippen LogP) is 4.16. The van der Waals surface area contributed by atoms with Gasteiger partial charge in [-0.15, -0.1) is 0 Å². The lowest BCUT2D eigenvalue weighted by Crippen LogP contribution is -2.47. The van der Waals surface area contributed by atoms with E-state index in [0.717, 1.165) is 35.5 Å². The fourth-order valence-electron chi connectivity index (χ4n) is 7.95. The molecule has 4 aliphatic heterocycles. The van der Waals surface area contributed by atoms with Crippen molar-refractivity contribution in [3.63, 3.8) is 0 Å². The Kier molecular flexibility index (Phi) is 8.45. The molecule has 52 heavy (non-hydrogen) atoms. The summed E-state index contributed by atoms with van der Waals surface area (Å²) < 4.78 is 19.6. The number of amides is 2. The minimum atomic E-state index is -1.18. The molecule has 13 nitrogen and oxygen atoms in total. The summed E-state index contributed by atoms with van der Waals surface area (Å²) in [5.41, 5.74) is 2.77. The van der Waals surface area contributed by atoms with Crippen molar-refractivity contribution in [2.24, 2.45) is 17.8 Å². The molecule has 1 spiro atoms. The summed E-state index contributed by atoms with van der Waals surface area (Å²) in [6.07, 6.45) is -0.328. The van der Waals surface area contributed by atoms with Crippen molar-refractivity contribution in [1.29, 1.82) is 0 Å². The summed E-state index contributed by atoms with van der Waals surface area (Å²) in [4.78, 5) is 54.7. The van der Waals surface area contributed by atoms with Gasteiger partial charge in [-0.2, -0.15) is 0 Å². The van der Waals surface area contributed by atoms with Crippen LogP contribution in [-0.4, -0.2) is 88.0 Å². The molecule has 0 saturated carbocycles. The lowest BCUT2D eigenvalue weighted by atomic mass is 9.72. The molecule has 3 N–H and O–H groups in total. The van der Waals surface area contributed by atoms with E-state index in [0.29, 0.717) is 30.3 Å². The zero-order chi connectivity index (χ0) is 36.5. The van der Waals surface area contributed by atoms with E-state index >= 15 is 0 Å². The second-order valence-corrected chi connectivity index (χ2v) is 15.2. The number of piperazine rings is 1. The van der Waals surface area contributed by atoms with E-state index in [4.69, 9.17) is 23.5 Å². The zero-order valence-electron chi connectivity index (χ0n) is 30.0. The number of benzene rings is 2. The molecule has 1 saturated heterocycles. The highest BCUT2D eigenvalue weighted by Gasteiger charge is 2.61. The number of anilines is 1. The number of ketones is 1. The first-order valence-electron chi connectivity index (χ1n) is 18.1. The van der Waals surface area contributed by atoms with Crippen LogP contribution in [0.4, 0.5) is 5.69 Å². The minimum absolute atomic E-state index is 0.111. The van der Waals surface area contributed by atoms with E-state index in [9.17, 15) is 19.5 Å². The zero-order valence-corrected chi connectivity index (χ0v) is 30.0. The SMILES string of the molecule is CC(C)[C@H](O)C(=O)CC1Cc2ccc3c(c2)C2(c4ccccc4N[C@H]2O3)c2oc(nc2-c2nc(C(=O)N3CCN(C)CC3)co2)[C@H](C(C)C)NC1=O. The highest BCUT2D eigenvalue weighted by atomic mass is 16.5. The van der Waals surface area contributed by atoms with Crippen molar-refractivity contribution in [2.75, 3.05) is 38.5 Å². The van der Waals surface area contributed by atoms with Crippen LogP contribution in [0.15, 0.2) is 57.6 Å². The van der Waals surface area contributed by atoms with Gasteiger partial charge in [-0.3, -0.25) is 14.4 Å². The molecule has 2 aromatic heterocycles. The van der Waals surface area contributed by atoms with Crippen molar-refractivity contribution >= 4 is 23.3 Å². The molecule has 0 aliphatic carbocycles. The van der Waals surface area contributed by atoms with Gasteiger partial charge in [0.2, 0.25) is 17.7 Å². The van der Waals surface area contributed by atoms with Crippen LogP contribution < -0.4 is 15.4 Å². The second kappa shape index (κ2) is 12.9. The Morgan fingerprint density at radius 2 is 1.79 bits per heavy atom. The molecule has 2 amide bonds. The molecule has 4 aromatic rings. The van der Waals surface area contributed by atoms with E-state index in [2.05, 4.69) is 15.5 Å². The molecule has 4 bridgehead atoms. The third-order valence-corrected chi connectivity index (χ3v) is 11.0. The van der Waals surface area contributed by atoms with Crippen molar-refractivity contribution < 1.29 is 33.1 Å². The average molecular weight is 709 g/mol. The molecular weight excluding hydrogens is 664 g/mol. The van der Waals surface area contributed by atoms with Crippen molar-refractivity contribution in [3.05, 3.63) is 82.8 Å². The normalized spacial score (nSPS) is 24.3. The number of oxazole rings is 2. The Labute approximate surface area is 301 Å². The number of likely N-dealkylation sites (N-methyl/N-ethyl adjacent to an activating group) is 1. The first kappa shape index (κ1) is 34.1. The Bertz CT molecular complexity index is 2050. The number of hydrogen-bond donors (Lipinski definition) is 3. The third-order valence-electron chi connectivity index (χ3n) is 11.0. The van der Waals surface area contributed by atoms with Gasteiger partial charge in [0, 0.05) is 49.8 Å². The summed E-state index contributed by atoms with van der Waals surface area (Å²) in [5.74, 6) is -0.819. The maximum atomic E-state index is 14.2. The number of aliphatic hydroxyl groups is 1. The van der Waals surface area contributed by atoms with Gasteiger partial charge >= 0.3 is 0 Å². The van der Waals surface area contributed by atoms with Crippen molar-refractivity contribution in [3.8, 4) is 17.3 Å². The number of para-hydroxylation sites is 1. The maximum Gasteiger partial charge on any atom is 0.275 e. The summed E-state index contributed by atoms with van der Waals surface area (Å²) in [6.45, 7) is 10.2. The molecule has 5 atom stereocenters. The Balaban J connectivity index is 1.31. The largest absolute Gasteiger partial charge is 0.469 e. The minimum Gasteiger partial charge on any atom is -0.469 e. The van der Waals surface area contributed by atoms with Gasteiger partial charge in [0.25, 0.3) is 5.91 Å². The highest BCUT2D eigenvalue weighted by molar-refractivity contribution is 5.93. The number of nitrogens with zero attached hydrogens (tertiary/aromatic N) is 4. The summed E-state index contributed by atoms with van der Waals surface area (Å²) >= 11 is 0. The number of aromatic nitrogens is 2. The summed E-state index contributed by atoms with van der Waals surface area (Å²) in [7, 11) is 2.03. The van der Waals surface area contributed by atoms with Crippen molar-refractivity contribution in [2.45, 2.75) is 64.3 Å². The van der Waals surface area contributed by atoms with Gasteiger partial charge in [-0.1, -0.05) is 58.0 Å². The first-order chi connectivity index (χ1) is 24.9. The van der Waals surface area contributed by atoms with E-state index in [1.807, 2.05) is 63.4 Å². The van der Waals surface area contributed by atoms with E-state index in [1.165, 1.54) is 6.26 Å². The molecule has 13 heteroatoms. The van der Waals surface area contributed by atoms with Gasteiger partial charge in [0.1, 0.15) is 29.6 Å². The van der Waals surface area contributed by atoms with E-state index < -0.39 is 29.7 Å². The van der Waals surface area contributed by atoms with Crippen LogP contribution in [0.25, 0.3) is 11.6 Å². The third kappa shape index (κ3) is 5.48. The summed E-state index contributed by atoms with van der Waals surface area (Å²) in [6, 6.07) is 13.0. The number of nitrogens with one attached hydrogen (secondary N) is 2. The number of aliphatic hydroxyl groups excluding tert-OH is 1. The van der Waals surface area contributed by atoms with Gasteiger partial charge in [-0.25, -0.2) is 9.97 Å². The lowest BCUT2D eigenvalue weighted by molar-refractivity contribution is -0.135. The van der Waals surface area contributed by atoms with E-state index in [1.54, 1.807) is 18.7 Å². The molecule has 8 rings (SSSR count). The van der Waals surface area contributed by atoms with Crippen LogP contribution in [0.3, 0.4) is 0 Å². The number of fused-ring (bicyclic) bond motifs is 4. The Hall–Kier alpha value is -5.01. The quantitative estimate of drug-likeness (QED) is 0.253. The standard InChI is InChI=1S/C39H44N6O7/c1-20(2)30-36-43-31(35-40-27(19-50-35)37(49)45-14-12-44(5)13-15-45)33(52-36)39-24-8-6-7-9-26(24)41-38(39)51-29-11-10-22(17-25(29)39)16-23(34(48)42-30)18-28(46)32(47)21(3)4/h6-11,17,19-21,23,30,32,38,41,47H,12-16,18H2,1-5H3,(H,42,48)/t23?,30-,32-,38-,39?/m0/s1. The first-order valence-corrected chi connectivity index (χ1v) is 18.1. The number of carbonyl (C=O) groups is 3. The van der Waals surface area contributed by atoms with Gasteiger partial charge in [0.05, 0.1) is 0 Å². The average Bonchev–Trinajstić information content (AvgIpc) is 3.91. The fraction of sp³-hybridized carbons (Fsp3) is 0.462. The molecule has 272 valence electrons. The number of Topliss-reactive ketones (excluding diaryl/α,β-unsaturated/α-hetero) is 1. The maximum absolute atomic E-state index is 14.2. The summed E-state index contributed by atoms with van der Waals surface area (Å²) in [5, 5.41) is 17.3. The van der Waals surface area contributed by atoms with Gasteiger partial charge in [0.15, 0.2) is 29.2 Å². The molecule has 2 aromatic carbocycles. The van der Waals surface area contributed by atoms with Gasteiger partial charge < -0.3 is 39.1 Å². The lowest BCUT2D eigenvalue weighted by Gasteiger charge is -2.31. The number of hydrogen-bond acceptors (Lipinski definition) is 11. The topological polar surface area (TPSA) is 163 Å². The second-order valence-electron chi connectivity index (χ2n) is 15.2. The van der Waals surface area contributed by atoms with Crippen LogP contribution in [0.2, 0.25) is 0 Å². The van der Waals surface area contributed by atoms with Crippen LogP contribution in [-0.2, 0) is 21.4 Å². The monoisotopic (exact) mass is 708 g/mol. The predicted molar refractivity (Wildman–Crippen MR) is 190 cm³/mol.